The van der Waals surface area contributed by atoms with E-state index < -0.39 is 0 Å². The summed E-state index contributed by atoms with van der Waals surface area (Å²) in [6.45, 7) is 2.03. The molecule has 0 saturated carbocycles. The molecule has 0 fully saturated rings. The van der Waals surface area contributed by atoms with E-state index in [9.17, 15) is 4.39 Å². The Labute approximate surface area is 92.4 Å². The summed E-state index contributed by atoms with van der Waals surface area (Å²) in [6.07, 6.45) is 2.83. The Bertz CT molecular complexity index is 453. The maximum atomic E-state index is 13.3. The maximum Gasteiger partial charge on any atom is 0.155 e. The van der Waals surface area contributed by atoms with Gasteiger partial charge in [0, 0.05) is 11.1 Å². The van der Waals surface area contributed by atoms with Gasteiger partial charge in [-0.3, -0.25) is 4.98 Å². The van der Waals surface area contributed by atoms with Gasteiger partial charge in [-0.15, -0.1) is 0 Å². The van der Waals surface area contributed by atoms with Crippen LogP contribution in [0.1, 0.15) is 5.56 Å². The Hall–Kier alpha value is -1.35. The van der Waals surface area contributed by atoms with Gasteiger partial charge in [0.05, 0.1) is 11.1 Å². The van der Waals surface area contributed by atoms with Crippen molar-refractivity contribution in [2.24, 2.45) is 0 Å². The van der Waals surface area contributed by atoms with Crippen molar-refractivity contribution in [1.82, 2.24) is 4.98 Å². The van der Waals surface area contributed by atoms with E-state index in [4.69, 9.17) is 0 Å². The van der Waals surface area contributed by atoms with Crippen molar-refractivity contribution in [3.05, 3.63) is 54.1 Å². The minimum Gasteiger partial charge on any atom is -0.262 e. The van der Waals surface area contributed by atoms with Gasteiger partial charge in [-0.25, -0.2) is 4.39 Å². The number of nitrogens with zero attached hydrogens (tertiary/aromatic N) is 1. The molecule has 0 aliphatic heterocycles. The zero-order valence-corrected chi connectivity index (χ0v) is 9.09. The molecule has 0 N–H and O–H groups in total. The summed E-state index contributed by atoms with van der Waals surface area (Å²) in [5.41, 5.74) is 1.20. The first-order chi connectivity index (χ1) is 7.25. The van der Waals surface area contributed by atoms with Crippen LogP contribution in [0.25, 0.3) is 0 Å². The quantitative estimate of drug-likeness (QED) is 0.764. The van der Waals surface area contributed by atoms with Gasteiger partial charge in [0.1, 0.15) is 0 Å². The average molecular weight is 219 g/mol. The van der Waals surface area contributed by atoms with Gasteiger partial charge >= 0.3 is 0 Å². The first-order valence-electron chi connectivity index (χ1n) is 4.60. The molecule has 0 radical (unpaired) electrons. The molecular weight excluding hydrogens is 209 g/mol. The summed E-state index contributed by atoms with van der Waals surface area (Å²) in [5.74, 6) is -0.275. The van der Waals surface area contributed by atoms with Gasteiger partial charge in [-0.05, 0) is 25.1 Å². The van der Waals surface area contributed by atoms with E-state index in [2.05, 4.69) is 4.98 Å². The molecule has 1 aromatic carbocycles. The number of benzene rings is 1. The van der Waals surface area contributed by atoms with Crippen LogP contribution in [0.5, 0.6) is 0 Å². The fourth-order valence-corrected chi connectivity index (χ4v) is 1.98. The summed E-state index contributed by atoms with van der Waals surface area (Å²) < 4.78 is 13.3. The third-order valence-corrected chi connectivity index (χ3v) is 3.04. The predicted molar refractivity (Wildman–Crippen MR) is 59.5 cm³/mol. The smallest absolute Gasteiger partial charge is 0.155 e. The SMILES string of the molecule is Cc1ccc(Sc2ccncc2F)cc1. The predicted octanol–water partition coefficient (Wildman–Crippen LogP) is 3.68. The monoisotopic (exact) mass is 219 g/mol. The van der Waals surface area contributed by atoms with Crippen LogP contribution in [0.2, 0.25) is 0 Å². The average Bonchev–Trinajstić information content (AvgIpc) is 2.25. The zero-order valence-electron chi connectivity index (χ0n) is 8.27. The van der Waals surface area contributed by atoms with Gasteiger partial charge in [0.25, 0.3) is 0 Å². The number of aromatic nitrogens is 1. The van der Waals surface area contributed by atoms with Gasteiger partial charge in [0.15, 0.2) is 5.82 Å². The molecule has 0 aliphatic rings. The Morgan fingerprint density at radius 3 is 2.53 bits per heavy atom. The third-order valence-electron chi connectivity index (χ3n) is 1.98. The lowest BCUT2D eigenvalue weighted by Gasteiger charge is -2.02. The molecule has 0 amide bonds. The van der Waals surface area contributed by atoms with Crippen LogP contribution in [0.4, 0.5) is 4.39 Å². The lowest BCUT2D eigenvalue weighted by atomic mass is 10.2. The van der Waals surface area contributed by atoms with Crippen molar-refractivity contribution in [3.8, 4) is 0 Å². The Morgan fingerprint density at radius 1 is 1.13 bits per heavy atom. The largest absolute Gasteiger partial charge is 0.262 e. The first kappa shape index (κ1) is 10.2. The van der Waals surface area contributed by atoms with E-state index in [0.29, 0.717) is 4.90 Å². The molecule has 0 saturated heterocycles. The summed E-state index contributed by atoms with van der Waals surface area (Å²) in [5, 5.41) is 0. The molecule has 0 atom stereocenters. The molecule has 1 nitrogen and oxygen atoms in total. The Morgan fingerprint density at radius 2 is 1.87 bits per heavy atom. The summed E-state index contributed by atoms with van der Waals surface area (Å²) >= 11 is 1.41. The number of hydrogen-bond donors (Lipinski definition) is 0. The highest BCUT2D eigenvalue weighted by Gasteiger charge is 2.02. The van der Waals surface area contributed by atoms with Crippen molar-refractivity contribution in [3.63, 3.8) is 0 Å². The molecule has 3 heteroatoms. The standard InChI is InChI=1S/C12H10FNS/c1-9-2-4-10(5-3-9)15-12-6-7-14-8-11(12)13/h2-8H,1H3. The molecule has 0 bridgehead atoms. The number of aryl methyl sites for hydroxylation is 1. The Kier molecular flexibility index (Phi) is 3.02. The molecule has 1 aromatic heterocycles. The molecule has 1 heterocycles. The molecular formula is C12H10FNS. The minimum atomic E-state index is -0.275. The van der Waals surface area contributed by atoms with E-state index in [1.165, 1.54) is 23.5 Å². The minimum absolute atomic E-state index is 0.275. The lowest BCUT2D eigenvalue weighted by Crippen LogP contribution is -1.82. The number of halogens is 1. The van der Waals surface area contributed by atoms with Crippen LogP contribution >= 0.6 is 11.8 Å². The molecule has 76 valence electrons. The van der Waals surface area contributed by atoms with E-state index in [1.54, 1.807) is 12.3 Å². The topological polar surface area (TPSA) is 12.9 Å². The highest BCUT2D eigenvalue weighted by Crippen LogP contribution is 2.28. The first-order valence-corrected chi connectivity index (χ1v) is 5.41. The molecule has 2 aromatic rings. The molecule has 0 aliphatic carbocycles. The van der Waals surface area contributed by atoms with E-state index >= 15 is 0 Å². The van der Waals surface area contributed by atoms with E-state index in [1.807, 2.05) is 31.2 Å². The third kappa shape index (κ3) is 2.57. The van der Waals surface area contributed by atoms with Gasteiger partial charge < -0.3 is 0 Å². The fraction of sp³-hybridized carbons (Fsp3) is 0.0833. The van der Waals surface area contributed by atoms with E-state index in [-0.39, 0.29) is 5.82 Å². The summed E-state index contributed by atoms with van der Waals surface area (Å²) in [4.78, 5) is 5.35. The van der Waals surface area contributed by atoms with Crippen molar-refractivity contribution in [1.29, 1.82) is 0 Å². The van der Waals surface area contributed by atoms with Crippen LogP contribution < -0.4 is 0 Å². The molecule has 15 heavy (non-hydrogen) atoms. The van der Waals surface area contributed by atoms with Crippen molar-refractivity contribution in [2.75, 3.05) is 0 Å². The van der Waals surface area contributed by atoms with Gasteiger partial charge in [-0.1, -0.05) is 29.5 Å². The second kappa shape index (κ2) is 4.45. The second-order valence-corrected chi connectivity index (χ2v) is 4.34. The number of hydrogen-bond acceptors (Lipinski definition) is 2. The van der Waals surface area contributed by atoms with Crippen molar-refractivity contribution in [2.45, 2.75) is 16.7 Å². The van der Waals surface area contributed by atoms with Crippen LogP contribution in [-0.2, 0) is 0 Å². The number of pyridine rings is 1. The van der Waals surface area contributed by atoms with Crippen molar-refractivity contribution >= 4 is 11.8 Å². The van der Waals surface area contributed by atoms with Gasteiger partial charge in [-0.2, -0.15) is 0 Å². The zero-order chi connectivity index (χ0) is 10.7. The van der Waals surface area contributed by atoms with Crippen molar-refractivity contribution < 1.29 is 4.39 Å². The summed E-state index contributed by atoms with van der Waals surface area (Å²) in [6, 6.07) is 9.68. The second-order valence-electron chi connectivity index (χ2n) is 3.22. The molecule has 2 rings (SSSR count). The number of rotatable bonds is 2. The van der Waals surface area contributed by atoms with Crippen LogP contribution in [0, 0.1) is 12.7 Å². The highest BCUT2D eigenvalue weighted by atomic mass is 32.2. The molecule has 0 spiro atoms. The van der Waals surface area contributed by atoms with Crippen LogP contribution in [-0.4, -0.2) is 4.98 Å². The maximum absolute atomic E-state index is 13.3. The van der Waals surface area contributed by atoms with E-state index in [0.717, 1.165) is 4.90 Å². The van der Waals surface area contributed by atoms with Crippen LogP contribution in [0.3, 0.4) is 0 Å². The van der Waals surface area contributed by atoms with Gasteiger partial charge in [0.2, 0.25) is 0 Å². The summed E-state index contributed by atoms with van der Waals surface area (Å²) in [7, 11) is 0. The van der Waals surface area contributed by atoms with Crippen LogP contribution in [0.15, 0.2) is 52.5 Å². The molecule has 0 unspecified atom stereocenters. The fourth-order valence-electron chi connectivity index (χ4n) is 1.18. The Balaban J connectivity index is 2.22. The normalized spacial score (nSPS) is 10.3. The lowest BCUT2D eigenvalue weighted by molar-refractivity contribution is 0.595. The highest BCUT2D eigenvalue weighted by molar-refractivity contribution is 7.99.